The van der Waals surface area contributed by atoms with Crippen molar-refractivity contribution < 1.29 is 4.21 Å². The Morgan fingerprint density at radius 1 is 1.41 bits per heavy atom. The highest BCUT2D eigenvalue weighted by Gasteiger charge is 2.13. The second-order valence-corrected chi connectivity index (χ2v) is 5.84. The molecule has 3 atom stereocenters. The number of nitrogens with one attached hydrogen (secondary N) is 1. The normalized spacial score (nSPS) is 15.8. The van der Waals surface area contributed by atoms with E-state index in [2.05, 4.69) is 11.4 Å². The van der Waals surface area contributed by atoms with E-state index in [0.29, 0.717) is 13.0 Å². The van der Waals surface area contributed by atoms with E-state index in [1.54, 1.807) is 6.26 Å². The zero-order valence-electron chi connectivity index (χ0n) is 10.2. The first-order valence-corrected chi connectivity index (χ1v) is 7.24. The van der Waals surface area contributed by atoms with Crippen molar-refractivity contribution in [2.45, 2.75) is 24.6 Å². The molecule has 17 heavy (non-hydrogen) atoms. The van der Waals surface area contributed by atoms with Gasteiger partial charge in [0, 0.05) is 34.9 Å². The third kappa shape index (κ3) is 4.68. The van der Waals surface area contributed by atoms with Gasteiger partial charge in [0.1, 0.15) is 0 Å². The van der Waals surface area contributed by atoms with E-state index in [1.807, 2.05) is 37.3 Å². The Balaban J connectivity index is 2.62. The Hall–Kier alpha value is -1.18. The molecule has 0 saturated heterocycles. The molecule has 0 aliphatic carbocycles. The predicted molar refractivity (Wildman–Crippen MR) is 70.9 cm³/mol. The van der Waals surface area contributed by atoms with Gasteiger partial charge in [-0.15, -0.1) is 0 Å². The van der Waals surface area contributed by atoms with Crippen molar-refractivity contribution in [1.82, 2.24) is 5.32 Å². The second-order valence-electron chi connectivity index (χ2n) is 4.04. The van der Waals surface area contributed by atoms with E-state index in [-0.39, 0.29) is 11.3 Å². The van der Waals surface area contributed by atoms with Crippen LogP contribution < -0.4 is 5.32 Å². The minimum absolute atomic E-state index is 0.0206. The molecule has 3 unspecified atom stereocenters. The SMILES string of the molecule is CC(CNC(CC#N)c1ccccc1)S(C)=O. The summed E-state index contributed by atoms with van der Waals surface area (Å²) in [7, 11) is -0.832. The zero-order chi connectivity index (χ0) is 12.7. The van der Waals surface area contributed by atoms with Gasteiger partial charge in [0.05, 0.1) is 12.5 Å². The highest BCUT2D eigenvalue weighted by molar-refractivity contribution is 7.84. The Kier molecular flexibility index (Phi) is 5.88. The fourth-order valence-electron chi connectivity index (χ4n) is 1.51. The smallest absolute Gasteiger partial charge is 0.0641 e. The molecule has 1 N–H and O–H groups in total. The maximum atomic E-state index is 11.3. The van der Waals surface area contributed by atoms with Crippen LogP contribution in [-0.4, -0.2) is 22.3 Å². The van der Waals surface area contributed by atoms with E-state index < -0.39 is 10.8 Å². The molecule has 0 bridgehead atoms. The van der Waals surface area contributed by atoms with Gasteiger partial charge < -0.3 is 5.32 Å². The first-order chi connectivity index (χ1) is 8.15. The summed E-state index contributed by atoms with van der Waals surface area (Å²) in [6, 6.07) is 12.1. The Morgan fingerprint density at radius 3 is 2.59 bits per heavy atom. The van der Waals surface area contributed by atoms with Crippen molar-refractivity contribution in [1.29, 1.82) is 5.26 Å². The first-order valence-electron chi connectivity index (χ1n) is 5.62. The Morgan fingerprint density at radius 2 is 2.06 bits per heavy atom. The van der Waals surface area contributed by atoms with Crippen molar-refractivity contribution in [3.8, 4) is 6.07 Å². The molecule has 3 nitrogen and oxygen atoms in total. The molecule has 0 spiro atoms. The summed E-state index contributed by atoms with van der Waals surface area (Å²) in [5.41, 5.74) is 1.10. The Labute approximate surface area is 105 Å². The lowest BCUT2D eigenvalue weighted by Crippen LogP contribution is -2.30. The molecule has 0 saturated carbocycles. The highest BCUT2D eigenvalue weighted by Crippen LogP contribution is 2.15. The molecule has 4 heteroatoms. The summed E-state index contributed by atoms with van der Waals surface area (Å²) < 4.78 is 11.3. The van der Waals surface area contributed by atoms with Crippen LogP contribution in [0.3, 0.4) is 0 Å². The summed E-state index contributed by atoms with van der Waals surface area (Å²) in [5.74, 6) is 0. The van der Waals surface area contributed by atoms with Crippen molar-refractivity contribution in [2.24, 2.45) is 0 Å². The van der Waals surface area contributed by atoms with Crippen LogP contribution in [0.15, 0.2) is 30.3 Å². The molecule has 0 aliphatic heterocycles. The third-order valence-corrected chi connectivity index (χ3v) is 4.02. The van der Waals surface area contributed by atoms with Gasteiger partial charge in [0.15, 0.2) is 0 Å². The minimum Gasteiger partial charge on any atom is -0.308 e. The van der Waals surface area contributed by atoms with Crippen LogP contribution in [0.25, 0.3) is 0 Å². The van der Waals surface area contributed by atoms with Crippen LogP contribution >= 0.6 is 0 Å². The van der Waals surface area contributed by atoms with Gasteiger partial charge in [-0.25, -0.2) is 0 Å². The fourth-order valence-corrected chi connectivity index (χ4v) is 1.84. The number of hydrogen-bond acceptors (Lipinski definition) is 3. The highest BCUT2D eigenvalue weighted by atomic mass is 32.2. The standard InChI is InChI=1S/C13H18N2OS/c1-11(17(2)16)10-15-13(8-9-14)12-6-4-3-5-7-12/h3-7,11,13,15H,8,10H2,1-2H3. The van der Waals surface area contributed by atoms with Gasteiger partial charge in [-0.1, -0.05) is 30.3 Å². The summed E-state index contributed by atoms with van der Waals surface area (Å²) >= 11 is 0. The minimum atomic E-state index is -0.832. The summed E-state index contributed by atoms with van der Waals surface area (Å²) in [4.78, 5) is 0. The number of nitriles is 1. The number of benzene rings is 1. The summed E-state index contributed by atoms with van der Waals surface area (Å²) in [6.07, 6.45) is 2.13. The van der Waals surface area contributed by atoms with E-state index in [0.717, 1.165) is 5.56 Å². The van der Waals surface area contributed by atoms with Crippen molar-refractivity contribution in [3.63, 3.8) is 0 Å². The van der Waals surface area contributed by atoms with E-state index in [9.17, 15) is 4.21 Å². The molecule has 1 aromatic carbocycles. The number of rotatable bonds is 6. The summed E-state index contributed by atoms with van der Waals surface area (Å²) in [5, 5.41) is 12.2. The van der Waals surface area contributed by atoms with E-state index in [1.165, 1.54) is 0 Å². The van der Waals surface area contributed by atoms with Crippen LogP contribution in [-0.2, 0) is 10.8 Å². The first kappa shape index (κ1) is 13.9. The maximum absolute atomic E-state index is 11.3. The average molecular weight is 250 g/mol. The van der Waals surface area contributed by atoms with Crippen molar-refractivity contribution in [2.75, 3.05) is 12.8 Å². The van der Waals surface area contributed by atoms with Crippen molar-refractivity contribution >= 4 is 10.8 Å². The molecule has 0 aliphatic rings. The van der Waals surface area contributed by atoms with Crippen LogP contribution in [0.1, 0.15) is 24.9 Å². The van der Waals surface area contributed by atoms with Gasteiger partial charge >= 0.3 is 0 Å². The lowest BCUT2D eigenvalue weighted by atomic mass is 10.0. The van der Waals surface area contributed by atoms with Crippen LogP contribution in [0.5, 0.6) is 0 Å². The number of hydrogen-bond donors (Lipinski definition) is 1. The lowest BCUT2D eigenvalue weighted by Gasteiger charge is -2.18. The van der Waals surface area contributed by atoms with Crippen LogP contribution in [0.4, 0.5) is 0 Å². The molecule has 1 rings (SSSR count). The molecule has 0 aromatic heterocycles. The fraction of sp³-hybridized carbons (Fsp3) is 0.462. The van der Waals surface area contributed by atoms with Crippen molar-refractivity contribution in [3.05, 3.63) is 35.9 Å². The maximum Gasteiger partial charge on any atom is 0.0641 e. The van der Waals surface area contributed by atoms with E-state index in [4.69, 9.17) is 5.26 Å². The molecule has 0 heterocycles. The second kappa shape index (κ2) is 7.21. The Bertz CT molecular complexity index is 400. The van der Waals surface area contributed by atoms with Crippen LogP contribution in [0.2, 0.25) is 0 Å². The topological polar surface area (TPSA) is 52.9 Å². The van der Waals surface area contributed by atoms with Gasteiger partial charge in [0.25, 0.3) is 0 Å². The zero-order valence-corrected chi connectivity index (χ0v) is 11.0. The van der Waals surface area contributed by atoms with Gasteiger partial charge in [-0.3, -0.25) is 4.21 Å². The van der Waals surface area contributed by atoms with Gasteiger partial charge in [-0.05, 0) is 12.5 Å². The molecule has 0 amide bonds. The van der Waals surface area contributed by atoms with Gasteiger partial charge in [0.2, 0.25) is 0 Å². The monoisotopic (exact) mass is 250 g/mol. The summed E-state index contributed by atoms with van der Waals surface area (Å²) in [6.45, 7) is 2.60. The third-order valence-electron chi connectivity index (χ3n) is 2.72. The molecular weight excluding hydrogens is 232 g/mol. The largest absolute Gasteiger partial charge is 0.308 e. The molecular formula is C13H18N2OS. The average Bonchev–Trinajstić information content (AvgIpc) is 2.35. The predicted octanol–water partition coefficient (Wildman–Crippen LogP) is 2.00. The van der Waals surface area contributed by atoms with E-state index >= 15 is 0 Å². The number of nitrogens with zero attached hydrogens (tertiary/aromatic N) is 1. The van der Waals surface area contributed by atoms with Crippen LogP contribution in [0, 0.1) is 11.3 Å². The molecule has 92 valence electrons. The van der Waals surface area contributed by atoms with Gasteiger partial charge in [-0.2, -0.15) is 5.26 Å². The molecule has 0 radical (unpaired) electrons. The molecule has 1 aromatic rings. The quantitative estimate of drug-likeness (QED) is 0.840. The lowest BCUT2D eigenvalue weighted by molar-refractivity contribution is 0.540. The molecule has 0 fully saturated rings.